The first-order valence-corrected chi connectivity index (χ1v) is 7.16. The smallest absolute Gasteiger partial charge is 0.166 e. The van der Waals surface area contributed by atoms with Crippen LogP contribution in [0.25, 0.3) is 21.5 Å². The van der Waals surface area contributed by atoms with E-state index in [2.05, 4.69) is 30.1 Å². The van der Waals surface area contributed by atoms with Crippen molar-refractivity contribution in [2.45, 2.75) is 6.42 Å². The van der Waals surface area contributed by atoms with Crippen molar-refractivity contribution in [1.82, 2.24) is 0 Å². The van der Waals surface area contributed by atoms with Gasteiger partial charge in [-0.15, -0.1) is 0 Å². The number of aromatic hydroxyl groups is 1. The fourth-order valence-corrected chi connectivity index (χ4v) is 3.39. The van der Waals surface area contributed by atoms with Crippen LogP contribution >= 0.6 is 0 Å². The second-order valence-corrected chi connectivity index (χ2v) is 5.62. The molecular formula is C18H17NO2. The Morgan fingerprint density at radius 1 is 1.14 bits per heavy atom. The Hall–Kier alpha value is -2.42. The molecule has 0 aromatic heterocycles. The van der Waals surface area contributed by atoms with Crippen LogP contribution in [-0.2, 0) is 6.42 Å². The van der Waals surface area contributed by atoms with Crippen molar-refractivity contribution in [3.8, 4) is 11.5 Å². The predicted octanol–water partition coefficient (Wildman–Crippen LogP) is 3.70. The number of methoxy groups -OCH3 is 1. The molecule has 0 radical (unpaired) electrons. The van der Waals surface area contributed by atoms with Crippen LogP contribution in [0.5, 0.6) is 11.5 Å². The molecule has 1 aliphatic heterocycles. The number of nitrogens with zero attached hydrogens (tertiary/aromatic N) is 1. The van der Waals surface area contributed by atoms with Crippen LogP contribution < -0.4 is 9.64 Å². The van der Waals surface area contributed by atoms with Gasteiger partial charge in [0, 0.05) is 30.1 Å². The standard InChI is InChI=1S/C18H17NO2/c1-19-8-7-12-10-15(21-2)18(20)17-13-6-4-3-5-11(13)9-14(19)16(12)17/h3-6,9-10,20H,7-8H2,1-2H3. The fourth-order valence-electron chi connectivity index (χ4n) is 3.39. The first-order valence-electron chi connectivity index (χ1n) is 7.16. The van der Waals surface area contributed by atoms with Crippen molar-refractivity contribution < 1.29 is 9.84 Å². The predicted molar refractivity (Wildman–Crippen MR) is 86.6 cm³/mol. The molecule has 0 spiro atoms. The maximum atomic E-state index is 10.7. The third-order valence-electron chi connectivity index (χ3n) is 4.47. The molecule has 3 aromatic carbocycles. The first kappa shape index (κ1) is 12.3. The summed E-state index contributed by atoms with van der Waals surface area (Å²) in [6.45, 7) is 0.981. The van der Waals surface area contributed by atoms with Crippen LogP contribution in [0.3, 0.4) is 0 Å². The molecule has 106 valence electrons. The Kier molecular flexibility index (Phi) is 2.52. The van der Waals surface area contributed by atoms with Gasteiger partial charge in [0.05, 0.1) is 7.11 Å². The van der Waals surface area contributed by atoms with Gasteiger partial charge >= 0.3 is 0 Å². The number of hydrogen-bond acceptors (Lipinski definition) is 3. The van der Waals surface area contributed by atoms with Crippen LogP contribution in [0.2, 0.25) is 0 Å². The van der Waals surface area contributed by atoms with Gasteiger partial charge in [0.2, 0.25) is 0 Å². The highest BCUT2D eigenvalue weighted by Crippen LogP contribution is 2.46. The van der Waals surface area contributed by atoms with E-state index < -0.39 is 0 Å². The van der Waals surface area contributed by atoms with Gasteiger partial charge in [-0.2, -0.15) is 0 Å². The normalized spacial score (nSPS) is 13.9. The Morgan fingerprint density at radius 2 is 1.95 bits per heavy atom. The fraction of sp³-hybridized carbons (Fsp3) is 0.222. The lowest BCUT2D eigenvalue weighted by atomic mass is 9.91. The lowest BCUT2D eigenvalue weighted by molar-refractivity contribution is 0.376. The Morgan fingerprint density at radius 3 is 2.76 bits per heavy atom. The third kappa shape index (κ3) is 1.60. The molecule has 0 saturated heterocycles. The molecule has 0 unspecified atom stereocenters. The van der Waals surface area contributed by atoms with Crippen molar-refractivity contribution in [2.24, 2.45) is 0 Å². The Balaban J connectivity index is 2.30. The lowest BCUT2D eigenvalue weighted by Crippen LogP contribution is -2.24. The number of rotatable bonds is 1. The number of ether oxygens (including phenoxy) is 1. The molecule has 0 amide bonds. The van der Waals surface area contributed by atoms with Crippen LogP contribution in [-0.4, -0.2) is 25.8 Å². The average Bonchev–Trinajstić information content (AvgIpc) is 2.52. The van der Waals surface area contributed by atoms with Gasteiger partial charge in [0.25, 0.3) is 0 Å². The third-order valence-corrected chi connectivity index (χ3v) is 4.47. The van der Waals surface area contributed by atoms with Gasteiger partial charge in [0.15, 0.2) is 11.5 Å². The van der Waals surface area contributed by atoms with Crippen LogP contribution in [0, 0.1) is 0 Å². The van der Waals surface area contributed by atoms with Crippen molar-refractivity contribution in [1.29, 1.82) is 0 Å². The molecule has 1 aliphatic rings. The van der Waals surface area contributed by atoms with E-state index in [0.717, 1.165) is 34.5 Å². The first-order chi connectivity index (χ1) is 10.2. The van der Waals surface area contributed by atoms with Gasteiger partial charge in [-0.1, -0.05) is 24.3 Å². The molecule has 0 aliphatic carbocycles. The van der Waals surface area contributed by atoms with Crippen LogP contribution in [0.1, 0.15) is 5.56 Å². The molecule has 0 saturated carbocycles. The summed E-state index contributed by atoms with van der Waals surface area (Å²) in [7, 11) is 3.71. The van der Waals surface area contributed by atoms with Gasteiger partial charge in [-0.05, 0) is 34.9 Å². The zero-order valence-electron chi connectivity index (χ0n) is 12.2. The Labute approximate surface area is 123 Å². The van der Waals surface area contributed by atoms with Crippen LogP contribution in [0.4, 0.5) is 5.69 Å². The monoisotopic (exact) mass is 279 g/mol. The van der Waals surface area contributed by atoms with E-state index in [-0.39, 0.29) is 5.75 Å². The molecule has 3 nitrogen and oxygen atoms in total. The van der Waals surface area contributed by atoms with Crippen LogP contribution in [0.15, 0.2) is 36.4 Å². The van der Waals surface area contributed by atoms with E-state index in [4.69, 9.17) is 4.74 Å². The molecule has 0 fully saturated rings. The van der Waals surface area contributed by atoms with E-state index in [0.29, 0.717) is 5.75 Å². The molecule has 1 heterocycles. The summed E-state index contributed by atoms with van der Waals surface area (Å²) in [4.78, 5) is 2.26. The summed E-state index contributed by atoms with van der Waals surface area (Å²) in [6.07, 6.45) is 0.967. The van der Waals surface area contributed by atoms with E-state index >= 15 is 0 Å². The average molecular weight is 279 g/mol. The summed E-state index contributed by atoms with van der Waals surface area (Å²) >= 11 is 0. The van der Waals surface area contributed by atoms with Crippen molar-refractivity contribution >= 4 is 27.2 Å². The quantitative estimate of drug-likeness (QED) is 0.689. The highest BCUT2D eigenvalue weighted by atomic mass is 16.5. The van der Waals surface area contributed by atoms with E-state index in [9.17, 15) is 5.11 Å². The Bertz CT molecular complexity index is 870. The molecule has 0 atom stereocenters. The number of hydrogen-bond donors (Lipinski definition) is 1. The SMILES string of the molecule is COc1cc2c3c(cc4ccccc4c3c1O)N(C)CC2. The summed E-state index contributed by atoms with van der Waals surface area (Å²) in [5.74, 6) is 0.800. The number of likely N-dealkylation sites (N-methyl/N-ethyl adjacent to an activating group) is 1. The van der Waals surface area contributed by atoms with E-state index in [1.165, 1.54) is 11.3 Å². The molecule has 3 aromatic rings. The summed E-state index contributed by atoms with van der Waals surface area (Å²) in [6, 6.07) is 12.4. The van der Waals surface area contributed by atoms with Gasteiger partial charge in [0.1, 0.15) is 0 Å². The maximum absolute atomic E-state index is 10.7. The molecule has 3 heteroatoms. The number of anilines is 1. The summed E-state index contributed by atoms with van der Waals surface area (Å²) < 4.78 is 5.37. The van der Waals surface area contributed by atoms with Crippen molar-refractivity contribution in [3.05, 3.63) is 42.0 Å². The molecule has 21 heavy (non-hydrogen) atoms. The minimum atomic E-state index is 0.240. The van der Waals surface area contributed by atoms with Gasteiger partial charge in [-0.3, -0.25) is 0 Å². The minimum Gasteiger partial charge on any atom is -0.504 e. The second kappa shape index (κ2) is 4.29. The molecule has 0 bridgehead atoms. The van der Waals surface area contributed by atoms with Gasteiger partial charge in [-0.25, -0.2) is 0 Å². The largest absolute Gasteiger partial charge is 0.504 e. The molecule has 1 N–H and O–H groups in total. The van der Waals surface area contributed by atoms with Crippen molar-refractivity contribution in [2.75, 3.05) is 25.6 Å². The number of benzene rings is 3. The summed E-state index contributed by atoms with van der Waals surface area (Å²) in [5.41, 5.74) is 2.43. The number of fused-ring (bicyclic) bond motifs is 2. The zero-order valence-corrected chi connectivity index (χ0v) is 12.2. The number of phenolic OH excluding ortho intramolecular Hbond substituents is 1. The van der Waals surface area contributed by atoms with E-state index in [1.54, 1.807) is 7.11 Å². The molecule has 4 rings (SSSR count). The van der Waals surface area contributed by atoms with E-state index in [1.807, 2.05) is 18.2 Å². The minimum absolute atomic E-state index is 0.240. The second-order valence-electron chi connectivity index (χ2n) is 5.62. The van der Waals surface area contributed by atoms with Crippen molar-refractivity contribution in [3.63, 3.8) is 0 Å². The highest BCUT2D eigenvalue weighted by molar-refractivity contribution is 6.18. The topological polar surface area (TPSA) is 32.7 Å². The summed E-state index contributed by atoms with van der Waals surface area (Å²) in [5, 5.41) is 14.9. The molecular weight excluding hydrogens is 262 g/mol. The zero-order chi connectivity index (χ0) is 14.6. The lowest BCUT2D eigenvalue weighted by Gasteiger charge is -2.29. The number of phenols is 1. The highest BCUT2D eigenvalue weighted by Gasteiger charge is 2.22. The maximum Gasteiger partial charge on any atom is 0.166 e. The van der Waals surface area contributed by atoms with Gasteiger partial charge < -0.3 is 14.7 Å².